The van der Waals surface area contributed by atoms with Gasteiger partial charge in [-0.25, -0.2) is 0 Å². The predicted molar refractivity (Wildman–Crippen MR) is 137 cm³/mol. The fourth-order valence-corrected chi connectivity index (χ4v) is 5.02. The van der Waals surface area contributed by atoms with Gasteiger partial charge >= 0.3 is 0 Å². The van der Waals surface area contributed by atoms with Crippen molar-refractivity contribution in [1.82, 2.24) is 0 Å². The molecule has 0 amide bonds. The zero-order chi connectivity index (χ0) is 25.0. The number of benzene rings is 3. The Morgan fingerprint density at radius 2 is 1.71 bits per heavy atom. The first-order valence-corrected chi connectivity index (χ1v) is 13.3. The molecule has 8 nitrogen and oxygen atoms in total. The third kappa shape index (κ3) is 6.20. The number of aliphatic hydroxyl groups excluding tert-OH is 2. The van der Waals surface area contributed by atoms with E-state index in [4.69, 9.17) is 18.4 Å². The molecule has 0 spiro atoms. The van der Waals surface area contributed by atoms with E-state index < -0.39 is 47.4 Å². The highest BCUT2D eigenvalue weighted by Gasteiger charge is 2.47. The lowest BCUT2D eigenvalue weighted by molar-refractivity contribution is -0.283. The molecule has 35 heavy (non-hydrogen) atoms. The van der Waals surface area contributed by atoms with E-state index in [2.05, 4.69) is 29.2 Å². The van der Waals surface area contributed by atoms with Gasteiger partial charge in [-0.2, -0.15) is 8.42 Å². The van der Waals surface area contributed by atoms with Gasteiger partial charge in [0.25, 0.3) is 10.1 Å². The molecule has 1 fully saturated rings. The maximum absolute atomic E-state index is 12.9. The fraction of sp³-hybridized carbons (Fsp3) is 0.280. The Balaban J connectivity index is 1.51. The van der Waals surface area contributed by atoms with Gasteiger partial charge < -0.3 is 24.4 Å². The van der Waals surface area contributed by atoms with Crippen LogP contribution in [0.3, 0.4) is 0 Å². The van der Waals surface area contributed by atoms with Crippen molar-refractivity contribution in [3.05, 3.63) is 83.0 Å². The second-order valence-electron chi connectivity index (χ2n) is 7.93. The molecule has 1 aliphatic rings. The summed E-state index contributed by atoms with van der Waals surface area (Å²) in [7, 11) is -4.16. The highest BCUT2D eigenvalue weighted by molar-refractivity contribution is 14.1. The predicted octanol–water partition coefficient (Wildman–Crippen LogP) is 3.25. The molecule has 0 radical (unpaired) electrons. The Labute approximate surface area is 217 Å². The van der Waals surface area contributed by atoms with Gasteiger partial charge in [-0.3, -0.25) is 4.18 Å². The van der Waals surface area contributed by atoms with Gasteiger partial charge in [0.05, 0.1) is 18.1 Å². The summed E-state index contributed by atoms with van der Waals surface area (Å²) in [6.07, 6.45) is -4.76. The highest BCUT2D eigenvalue weighted by Crippen LogP contribution is 2.28. The zero-order valence-corrected chi connectivity index (χ0v) is 21.5. The number of aliphatic hydroxyl groups is 2. The molecule has 0 saturated carbocycles. The average molecular weight is 612 g/mol. The molecule has 0 aromatic heterocycles. The van der Waals surface area contributed by atoms with Crippen molar-refractivity contribution in [3.63, 3.8) is 0 Å². The van der Waals surface area contributed by atoms with Crippen molar-refractivity contribution < 1.29 is 37.0 Å². The summed E-state index contributed by atoms with van der Waals surface area (Å²) in [6, 6.07) is 19.1. The van der Waals surface area contributed by atoms with Crippen molar-refractivity contribution >= 4 is 43.5 Å². The first-order valence-electron chi connectivity index (χ1n) is 10.8. The molecule has 5 atom stereocenters. The van der Waals surface area contributed by atoms with Crippen LogP contribution in [0, 0.1) is 3.57 Å². The van der Waals surface area contributed by atoms with Crippen LogP contribution in [0.5, 0.6) is 5.75 Å². The molecule has 186 valence electrons. The Morgan fingerprint density at radius 3 is 2.43 bits per heavy atom. The smallest absolute Gasteiger partial charge is 0.297 e. The summed E-state index contributed by atoms with van der Waals surface area (Å²) >= 11 is 2.15. The van der Waals surface area contributed by atoms with Crippen molar-refractivity contribution in [2.75, 3.05) is 13.2 Å². The van der Waals surface area contributed by atoms with Gasteiger partial charge in [-0.1, -0.05) is 36.4 Å². The standard InChI is InChI=1S/C25H25IO8S/c1-2-13-31-24-22(27)21(34-25(23(24)28)33-19-10-8-18(26)9-11-19)15-32-35(29,30)20-12-7-16-5-3-4-6-17(16)14-20/h2-12,14,21-25,27-28H,1,13,15H2/t21-,22-,23-,24+,25-/m1/s1. The first-order chi connectivity index (χ1) is 16.8. The van der Waals surface area contributed by atoms with Crippen molar-refractivity contribution in [2.45, 2.75) is 35.6 Å². The van der Waals surface area contributed by atoms with E-state index >= 15 is 0 Å². The highest BCUT2D eigenvalue weighted by atomic mass is 127. The normalized spacial score (nSPS) is 24.8. The van der Waals surface area contributed by atoms with Gasteiger partial charge in [-0.15, -0.1) is 6.58 Å². The second kappa shape index (κ2) is 11.3. The lowest BCUT2D eigenvalue weighted by Crippen LogP contribution is -2.61. The molecule has 3 aromatic rings. The topological polar surface area (TPSA) is 112 Å². The zero-order valence-electron chi connectivity index (χ0n) is 18.6. The first kappa shape index (κ1) is 26.0. The molecule has 2 N–H and O–H groups in total. The van der Waals surface area contributed by atoms with Crippen LogP contribution in [0.25, 0.3) is 10.8 Å². The van der Waals surface area contributed by atoms with E-state index in [1.165, 1.54) is 18.2 Å². The summed E-state index contributed by atoms with van der Waals surface area (Å²) in [5, 5.41) is 23.2. The van der Waals surface area contributed by atoms with Gasteiger partial charge in [0.2, 0.25) is 6.29 Å². The lowest BCUT2D eigenvalue weighted by Gasteiger charge is -2.41. The Hall–Kier alpha value is -2.06. The number of rotatable bonds is 9. The Kier molecular flexibility index (Phi) is 8.42. The molecule has 0 bridgehead atoms. The summed E-state index contributed by atoms with van der Waals surface area (Å²) < 4.78 is 49.0. The maximum Gasteiger partial charge on any atom is 0.297 e. The van der Waals surface area contributed by atoms with E-state index in [-0.39, 0.29) is 11.5 Å². The molecular formula is C25H25IO8S. The van der Waals surface area contributed by atoms with E-state index in [1.807, 2.05) is 30.3 Å². The van der Waals surface area contributed by atoms with E-state index in [0.29, 0.717) is 5.75 Å². The molecule has 3 aromatic carbocycles. The quantitative estimate of drug-likeness (QED) is 0.215. The van der Waals surface area contributed by atoms with Crippen LogP contribution in [0.2, 0.25) is 0 Å². The van der Waals surface area contributed by atoms with Crippen molar-refractivity contribution in [3.8, 4) is 5.75 Å². The van der Waals surface area contributed by atoms with Gasteiger partial charge in [0.15, 0.2) is 0 Å². The summed E-state index contributed by atoms with van der Waals surface area (Å²) in [4.78, 5) is -0.0207. The molecule has 1 heterocycles. The largest absolute Gasteiger partial charge is 0.462 e. The maximum atomic E-state index is 12.9. The minimum absolute atomic E-state index is 0.0207. The molecule has 1 aliphatic heterocycles. The fourth-order valence-electron chi connectivity index (χ4n) is 3.71. The summed E-state index contributed by atoms with van der Waals surface area (Å²) in [5.41, 5.74) is 0. The van der Waals surface area contributed by atoms with Crippen LogP contribution in [-0.2, 0) is 23.8 Å². The van der Waals surface area contributed by atoms with Crippen LogP contribution >= 0.6 is 22.6 Å². The van der Waals surface area contributed by atoms with Crippen LogP contribution in [0.1, 0.15) is 0 Å². The van der Waals surface area contributed by atoms with Crippen molar-refractivity contribution in [2.24, 2.45) is 0 Å². The van der Waals surface area contributed by atoms with Gasteiger partial charge in [0, 0.05) is 3.57 Å². The van der Waals surface area contributed by atoms with Gasteiger partial charge in [0.1, 0.15) is 30.2 Å². The molecule has 0 unspecified atom stereocenters. The Morgan fingerprint density at radius 1 is 1.00 bits per heavy atom. The molecule has 10 heteroatoms. The Bertz CT molecular complexity index is 1260. The van der Waals surface area contributed by atoms with Crippen LogP contribution in [0.4, 0.5) is 0 Å². The SMILES string of the molecule is C=CCO[C@@H]1[C@@H](O)[C@H](Oc2ccc(I)cc2)O[C@H](COS(=O)(=O)c2ccc3ccccc3c2)[C@H]1O. The third-order valence-corrected chi connectivity index (χ3v) is 7.51. The summed E-state index contributed by atoms with van der Waals surface area (Å²) in [6.45, 7) is 3.12. The molecule has 1 saturated heterocycles. The number of ether oxygens (including phenoxy) is 3. The van der Waals surface area contributed by atoms with Crippen LogP contribution < -0.4 is 4.74 Å². The molecule has 4 rings (SSSR count). The average Bonchev–Trinajstić information content (AvgIpc) is 2.86. The minimum Gasteiger partial charge on any atom is -0.462 e. The van der Waals surface area contributed by atoms with E-state index in [9.17, 15) is 18.6 Å². The third-order valence-electron chi connectivity index (χ3n) is 5.51. The van der Waals surface area contributed by atoms with E-state index in [1.54, 1.807) is 24.3 Å². The number of hydrogen-bond donors (Lipinski definition) is 2. The number of halogens is 1. The number of fused-ring (bicyclic) bond motifs is 1. The molecule has 0 aliphatic carbocycles. The monoisotopic (exact) mass is 612 g/mol. The second-order valence-corrected chi connectivity index (χ2v) is 10.8. The lowest BCUT2D eigenvalue weighted by atomic mass is 9.99. The minimum atomic E-state index is -4.16. The van der Waals surface area contributed by atoms with Crippen molar-refractivity contribution in [1.29, 1.82) is 0 Å². The summed E-state index contributed by atoms with van der Waals surface area (Å²) in [5.74, 6) is 0.428. The molecular weight excluding hydrogens is 587 g/mol. The van der Waals surface area contributed by atoms with Crippen LogP contribution in [-0.4, -0.2) is 62.6 Å². The van der Waals surface area contributed by atoms with Crippen LogP contribution in [0.15, 0.2) is 84.3 Å². The number of hydrogen-bond acceptors (Lipinski definition) is 8. The van der Waals surface area contributed by atoms with Gasteiger partial charge in [-0.05, 0) is 69.8 Å². The van der Waals surface area contributed by atoms with E-state index in [0.717, 1.165) is 14.3 Å².